The van der Waals surface area contributed by atoms with Gasteiger partial charge in [-0.15, -0.1) is 0 Å². The van der Waals surface area contributed by atoms with Gasteiger partial charge in [-0.25, -0.2) is 4.39 Å². The summed E-state index contributed by atoms with van der Waals surface area (Å²) in [7, 11) is 0. The first-order chi connectivity index (χ1) is 11.2. The minimum Gasteiger partial charge on any atom is -0.206 e. The van der Waals surface area contributed by atoms with Gasteiger partial charge in [-0.3, -0.25) is 0 Å². The van der Waals surface area contributed by atoms with Crippen LogP contribution in [0.2, 0.25) is 0 Å². The molecule has 0 aromatic carbocycles. The van der Waals surface area contributed by atoms with Crippen LogP contribution < -0.4 is 0 Å². The molecule has 0 fully saturated rings. The molecule has 0 aromatic rings. The molecule has 0 atom stereocenters. The fourth-order valence-electron chi connectivity index (χ4n) is 1.42. The molecule has 0 spiro atoms. The van der Waals surface area contributed by atoms with E-state index in [9.17, 15) is 4.39 Å². The Bertz CT molecular complexity index is 616. The minimum absolute atomic E-state index is 0.304. The third kappa shape index (κ3) is 10.3. The zero-order chi connectivity index (χ0) is 19.3. The van der Waals surface area contributed by atoms with Crippen LogP contribution in [0.5, 0.6) is 0 Å². The highest BCUT2D eigenvalue weighted by Crippen LogP contribution is 2.23. The van der Waals surface area contributed by atoms with Crippen molar-refractivity contribution < 1.29 is 4.39 Å². The van der Waals surface area contributed by atoms with Gasteiger partial charge < -0.3 is 0 Å². The van der Waals surface area contributed by atoms with Crippen LogP contribution in [0.4, 0.5) is 4.39 Å². The van der Waals surface area contributed by atoms with Crippen molar-refractivity contribution in [3.63, 3.8) is 0 Å². The van der Waals surface area contributed by atoms with E-state index in [0.29, 0.717) is 22.3 Å². The maximum absolute atomic E-state index is 14.3. The van der Waals surface area contributed by atoms with Crippen LogP contribution in [0, 0.1) is 0 Å². The Morgan fingerprint density at radius 3 is 1.62 bits per heavy atom. The lowest BCUT2D eigenvalue weighted by Crippen LogP contribution is -1.89. The maximum Gasteiger partial charge on any atom is 0.131 e. The highest BCUT2D eigenvalue weighted by atomic mass is 19.1. The van der Waals surface area contributed by atoms with Gasteiger partial charge in [0.1, 0.15) is 5.83 Å². The average molecular weight is 326 g/mol. The third-order valence-electron chi connectivity index (χ3n) is 2.78. The first-order valence-corrected chi connectivity index (χ1v) is 7.97. The van der Waals surface area contributed by atoms with E-state index in [0.717, 1.165) is 11.1 Å². The molecular formula is C23H31F. The van der Waals surface area contributed by atoms with Gasteiger partial charge in [0.05, 0.1) is 0 Å². The predicted octanol–water partition coefficient (Wildman–Crippen LogP) is 7.75. The van der Waals surface area contributed by atoms with E-state index >= 15 is 0 Å². The van der Waals surface area contributed by atoms with Gasteiger partial charge >= 0.3 is 0 Å². The fourth-order valence-corrected chi connectivity index (χ4v) is 1.42. The van der Waals surface area contributed by atoms with Crippen molar-refractivity contribution in [3.8, 4) is 0 Å². The molecule has 0 aliphatic heterocycles. The van der Waals surface area contributed by atoms with Crippen LogP contribution in [-0.4, -0.2) is 0 Å². The summed E-state index contributed by atoms with van der Waals surface area (Å²) in [5.41, 5.74) is 3.91. The van der Waals surface area contributed by atoms with E-state index < -0.39 is 5.83 Å². The quantitative estimate of drug-likeness (QED) is 0.400. The summed E-state index contributed by atoms with van der Waals surface area (Å²) in [6, 6.07) is 0. The van der Waals surface area contributed by atoms with Crippen molar-refractivity contribution >= 4 is 0 Å². The molecule has 0 saturated carbocycles. The van der Waals surface area contributed by atoms with Crippen LogP contribution in [-0.2, 0) is 0 Å². The SMILES string of the molecule is C=C(C)/C=C\C(=C)C(=C)/C=C(/F)C(=C)C(/C=C\C(=C)C)=C/C.CC. The molecule has 0 aromatic heterocycles. The molecule has 130 valence electrons. The van der Waals surface area contributed by atoms with Gasteiger partial charge in [0.2, 0.25) is 0 Å². The first kappa shape index (κ1) is 23.9. The highest BCUT2D eigenvalue weighted by Gasteiger charge is 2.06. The van der Waals surface area contributed by atoms with Crippen molar-refractivity contribution in [1.82, 2.24) is 0 Å². The molecular weight excluding hydrogens is 295 g/mol. The monoisotopic (exact) mass is 326 g/mol. The van der Waals surface area contributed by atoms with Crippen LogP contribution >= 0.6 is 0 Å². The van der Waals surface area contributed by atoms with Crippen molar-refractivity contribution in [2.24, 2.45) is 0 Å². The number of halogens is 1. The molecule has 0 bridgehead atoms. The summed E-state index contributed by atoms with van der Waals surface area (Å²) in [4.78, 5) is 0. The summed E-state index contributed by atoms with van der Waals surface area (Å²) in [5.74, 6) is -0.436. The van der Waals surface area contributed by atoms with Crippen molar-refractivity contribution in [2.45, 2.75) is 34.6 Å². The molecule has 0 aliphatic rings. The normalized spacial score (nSPS) is 11.9. The highest BCUT2D eigenvalue weighted by molar-refractivity contribution is 5.53. The summed E-state index contributed by atoms with van der Waals surface area (Å²) in [6.07, 6.45) is 10.3. The van der Waals surface area contributed by atoms with Gasteiger partial charge in [0.25, 0.3) is 0 Å². The van der Waals surface area contributed by atoms with Crippen LogP contribution in [0.15, 0.2) is 109 Å². The Morgan fingerprint density at radius 1 is 0.750 bits per heavy atom. The number of allylic oxidation sites excluding steroid dienone is 13. The van der Waals surface area contributed by atoms with Gasteiger partial charge in [-0.1, -0.05) is 88.3 Å². The Hall–Kier alpha value is -2.41. The standard InChI is InChI=1S/C21H25F.C2H6/c1-9-20(13-11-16(4)5)19(8)21(22)14-18(7)17(6)12-10-15(2)3;1-2/h9-14H,2,4,6-8H2,1,3,5H3;1-2H3/b12-10-,13-11-,20-9+,21-14+;. The third-order valence-corrected chi connectivity index (χ3v) is 2.78. The molecule has 24 heavy (non-hydrogen) atoms. The number of hydrogen-bond acceptors (Lipinski definition) is 0. The second-order valence-corrected chi connectivity index (χ2v) is 5.12. The first-order valence-electron chi connectivity index (χ1n) is 7.97. The lowest BCUT2D eigenvalue weighted by molar-refractivity contribution is 0.655. The van der Waals surface area contributed by atoms with Crippen LogP contribution in [0.1, 0.15) is 34.6 Å². The summed E-state index contributed by atoms with van der Waals surface area (Å²) < 4.78 is 14.3. The van der Waals surface area contributed by atoms with Crippen LogP contribution in [0.25, 0.3) is 0 Å². The van der Waals surface area contributed by atoms with E-state index in [-0.39, 0.29) is 0 Å². The van der Waals surface area contributed by atoms with Gasteiger partial charge in [-0.2, -0.15) is 0 Å². The van der Waals surface area contributed by atoms with E-state index in [1.54, 1.807) is 24.3 Å². The van der Waals surface area contributed by atoms with Gasteiger partial charge in [0, 0.05) is 5.57 Å². The topological polar surface area (TPSA) is 0 Å². The number of rotatable bonds is 8. The zero-order valence-electron chi connectivity index (χ0n) is 15.9. The Labute approximate surface area is 148 Å². The molecule has 0 amide bonds. The fraction of sp³-hybridized carbons (Fsp3) is 0.217. The minimum atomic E-state index is -0.436. The molecule has 0 unspecified atom stereocenters. The second kappa shape index (κ2) is 13.1. The smallest absolute Gasteiger partial charge is 0.131 e. The molecule has 0 radical (unpaired) electrons. The number of hydrogen-bond donors (Lipinski definition) is 0. The Morgan fingerprint density at radius 2 is 1.21 bits per heavy atom. The van der Waals surface area contributed by atoms with Crippen LogP contribution in [0.3, 0.4) is 0 Å². The summed E-state index contributed by atoms with van der Waals surface area (Å²) >= 11 is 0. The lowest BCUT2D eigenvalue weighted by Gasteiger charge is -2.06. The molecule has 0 heterocycles. The molecule has 1 heteroatoms. The Kier molecular flexibility index (Phi) is 13.0. The molecule has 0 nitrogen and oxygen atoms in total. The molecule has 0 rings (SSSR count). The largest absolute Gasteiger partial charge is 0.206 e. The van der Waals surface area contributed by atoms with E-state index in [2.05, 4.69) is 32.9 Å². The van der Waals surface area contributed by atoms with E-state index in [1.165, 1.54) is 6.08 Å². The molecule has 0 aliphatic carbocycles. The maximum atomic E-state index is 14.3. The van der Waals surface area contributed by atoms with Gasteiger partial charge in [0.15, 0.2) is 0 Å². The lowest BCUT2D eigenvalue weighted by atomic mass is 10.0. The average Bonchev–Trinajstić information content (AvgIpc) is 2.54. The van der Waals surface area contributed by atoms with E-state index in [1.807, 2.05) is 40.7 Å². The van der Waals surface area contributed by atoms with Crippen molar-refractivity contribution in [3.05, 3.63) is 109 Å². The van der Waals surface area contributed by atoms with Crippen molar-refractivity contribution in [1.29, 1.82) is 0 Å². The predicted molar refractivity (Wildman–Crippen MR) is 110 cm³/mol. The van der Waals surface area contributed by atoms with Crippen molar-refractivity contribution in [2.75, 3.05) is 0 Å². The summed E-state index contributed by atoms with van der Waals surface area (Å²) in [6.45, 7) is 28.6. The Balaban J connectivity index is 0. The molecule has 0 N–H and O–H groups in total. The molecule has 0 saturated heterocycles. The van der Waals surface area contributed by atoms with Gasteiger partial charge in [-0.05, 0) is 43.6 Å². The zero-order valence-corrected chi connectivity index (χ0v) is 15.9. The van der Waals surface area contributed by atoms with E-state index in [4.69, 9.17) is 0 Å². The second-order valence-electron chi connectivity index (χ2n) is 5.12. The summed E-state index contributed by atoms with van der Waals surface area (Å²) in [5, 5.41) is 0.